The van der Waals surface area contributed by atoms with Crippen LogP contribution in [0.4, 0.5) is 5.69 Å². The van der Waals surface area contributed by atoms with E-state index in [0.29, 0.717) is 12.1 Å². The van der Waals surface area contributed by atoms with Gasteiger partial charge in [0.25, 0.3) is 0 Å². The molecule has 3 aromatic carbocycles. The van der Waals surface area contributed by atoms with Crippen LogP contribution in [0.15, 0.2) is 72.8 Å². The highest BCUT2D eigenvalue weighted by Gasteiger charge is 2.34. The number of sulfonamides is 1. The van der Waals surface area contributed by atoms with Gasteiger partial charge < -0.3 is 10.2 Å². The maximum absolute atomic E-state index is 14.3. The Morgan fingerprint density at radius 3 is 2.14 bits per heavy atom. The molecule has 7 nitrogen and oxygen atoms in total. The summed E-state index contributed by atoms with van der Waals surface area (Å²) in [7, 11) is -3.81. The van der Waals surface area contributed by atoms with Gasteiger partial charge >= 0.3 is 0 Å². The smallest absolute Gasteiger partial charge is 0.244 e. The fourth-order valence-electron chi connectivity index (χ4n) is 5.57. The first-order valence-electron chi connectivity index (χ1n) is 14.8. The molecule has 0 saturated heterocycles. The fraction of sp³-hybridized carbons (Fsp3) is 0.412. The molecule has 1 atom stereocenters. The van der Waals surface area contributed by atoms with E-state index in [1.54, 1.807) is 11.0 Å². The summed E-state index contributed by atoms with van der Waals surface area (Å²) < 4.78 is 27.3. The first-order chi connectivity index (χ1) is 20.0. The van der Waals surface area contributed by atoms with E-state index in [1.807, 2.05) is 87.5 Å². The van der Waals surface area contributed by atoms with Gasteiger partial charge in [-0.15, -0.1) is 0 Å². The Morgan fingerprint density at radius 2 is 1.50 bits per heavy atom. The van der Waals surface area contributed by atoms with Crippen LogP contribution in [0.1, 0.15) is 59.9 Å². The third-order valence-electron chi connectivity index (χ3n) is 8.01. The second kappa shape index (κ2) is 14.0. The lowest BCUT2D eigenvalue weighted by Gasteiger charge is -2.35. The van der Waals surface area contributed by atoms with Crippen molar-refractivity contribution in [3.63, 3.8) is 0 Å². The minimum atomic E-state index is -3.81. The number of aryl methyl sites for hydroxylation is 3. The zero-order valence-corrected chi connectivity index (χ0v) is 26.0. The van der Waals surface area contributed by atoms with Crippen LogP contribution >= 0.6 is 0 Å². The van der Waals surface area contributed by atoms with Gasteiger partial charge in [0.1, 0.15) is 12.6 Å². The molecule has 0 heterocycles. The largest absolute Gasteiger partial charge is 0.352 e. The normalized spacial score (nSPS) is 14.7. The Hall–Kier alpha value is -3.65. The van der Waals surface area contributed by atoms with Crippen LogP contribution in [0.3, 0.4) is 0 Å². The Kier molecular flexibility index (Phi) is 10.4. The lowest BCUT2D eigenvalue weighted by molar-refractivity contribution is -0.140. The molecule has 1 unspecified atom stereocenters. The van der Waals surface area contributed by atoms with E-state index in [9.17, 15) is 18.0 Å². The summed E-state index contributed by atoms with van der Waals surface area (Å²) in [5.41, 5.74) is 4.99. The van der Waals surface area contributed by atoms with E-state index < -0.39 is 28.5 Å². The predicted octanol–water partition coefficient (Wildman–Crippen LogP) is 5.47. The summed E-state index contributed by atoms with van der Waals surface area (Å²) in [6.07, 6.45) is 6.58. The third-order valence-corrected chi connectivity index (χ3v) is 9.14. The quantitative estimate of drug-likeness (QED) is 0.322. The molecule has 0 bridgehead atoms. The van der Waals surface area contributed by atoms with Gasteiger partial charge in [-0.05, 0) is 61.9 Å². The van der Waals surface area contributed by atoms with Crippen molar-refractivity contribution in [2.24, 2.45) is 0 Å². The molecule has 0 aromatic heterocycles. The fourth-order valence-corrected chi connectivity index (χ4v) is 6.47. The predicted molar refractivity (Wildman–Crippen MR) is 169 cm³/mol. The molecule has 42 heavy (non-hydrogen) atoms. The summed E-state index contributed by atoms with van der Waals surface area (Å²) in [4.78, 5) is 29.9. The molecule has 1 aliphatic carbocycles. The van der Waals surface area contributed by atoms with E-state index in [1.165, 1.54) is 4.31 Å². The van der Waals surface area contributed by atoms with Crippen LogP contribution in [0.5, 0.6) is 0 Å². The number of carbonyl (C=O) groups is 2. The van der Waals surface area contributed by atoms with E-state index >= 15 is 0 Å². The number of carbonyl (C=O) groups excluding carboxylic acids is 2. The first-order valence-corrected chi connectivity index (χ1v) is 16.6. The molecule has 2 amide bonds. The highest BCUT2D eigenvalue weighted by Crippen LogP contribution is 2.25. The van der Waals surface area contributed by atoms with Crippen LogP contribution in [-0.4, -0.2) is 50.0 Å². The van der Waals surface area contributed by atoms with Crippen molar-refractivity contribution in [3.05, 3.63) is 101 Å². The second-order valence-corrected chi connectivity index (χ2v) is 13.5. The van der Waals surface area contributed by atoms with Crippen LogP contribution < -0.4 is 9.62 Å². The molecule has 0 radical (unpaired) electrons. The Bertz CT molecular complexity index is 1470. The first kappa shape index (κ1) is 31.3. The number of benzene rings is 3. The molecular weight excluding hydrogens is 546 g/mol. The van der Waals surface area contributed by atoms with Crippen molar-refractivity contribution in [2.45, 2.75) is 77.9 Å². The molecule has 1 N–H and O–H groups in total. The van der Waals surface area contributed by atoms with Crippen molar-refractivity contribution in [3.8, 4) is 0 Å². The third kappa shape index (κ3) is 8.44. The zero-order valence-electron chi connectivity index (χ0n) is 25.2. The maximum Gasteiger partial charge on any atom is 0.244 e. The molecule has 1 saturated carbocycles. The molecular formula is C34H43N3O4S. The van der Waals surface area contributed by atoms with Gasteiger partial charge in [-0.3, -0.25) is 13.9 Å². The van der Waals surface area contributed by atoms with Crippen molar-refractivity contribution in [1.29, 1.82) is 0 Å². The minimum Gasteiger partial charge on any atom is -0.352 e. The lowest BCUT2D eigenvalue weighted by atomic mass is 9.94. The molecule has 3 aromatic rings. The van der Waals surface area contributed by atoms with Gasteiger partial charge in [-0.25, -0.2) is 8.42 Å². The summed E-state index contributed by atoms with van der Waals surface area (Å²) in [5.74, 6) is -0.634. The Morgan fingerprint density at radius 1 is 0.857 bits per heavy atom. The van der Waals surface area contributed by atoms with E-state index in [0.717, 1.165) is 66.2 Å². The molecule has 1 fully saturated rings. The van der Waals surface area contributed by atoms with E-state index in [2.05, 4.69) is 5.32 Å². The summed E-state index contributed by atoms with van der Waals surface area (Å²) in [6, 6.07) is 22.3. The highest BCUT2D eigenvalue weighted by atomic mass is 32.2. The van der Waals surface area contributed by atoms with Crippen molar-refractivity contribution < 1.29 is 18.0 Å². The SMILES string of the molecule is Cc1ccc(CN(C(=O)CN(c2cc(C)ccc2C)S(C)(=O)=O)C(Cc2ccccc2)C(=O)NC2CCCCC2)cc1. The van der Waals surface area contributed by atoms with Crippen molar-refractivity contribution in [2.75, 3.05) is 17.1 Å². The van der Waals surface area contributed by atoms with Gasteiger partial charge in [-0.1, -0.05) is 91.6 Å². The van der Waals surface area contributed by atoms with E-state index in [4.69, 9.17) is 0 Å². The van der Waals surface area contributed by atoms with Crippen LogP contribution in [-0.2, 0) is 32.6 Å². The standard InChI is InChI=1S/C34H43N3O4S/c1-25-16-19-29(20-17-25)23-36(33(38)24-37(42(4,40)41)31-21-26(2)15-18-27(31)3)32(22-28-11-7-5-8-12-28)34(39)35-30-13-9-6-10-14-30/h5,7-8,11-12,15-21,30,32H,6,9-10,13-14,22-24H2,1-4H3,(H,35,39). The van der Waals surface area contributed by atoms with Gasteiger partial charge in [0, 0.05) is 19.0 Å². The maximum atomic E-state index is 14.3. The summed E-state index contributed by atoms with van der Waals surface area (Å²) in [5, 5.41) is 3.24. The number of hydrogen-bond donors (Lipinski definition) is 1. The van der Waals surface area contributed by atoms with Gasteiger partial charge in [0.05, 0.1) is 11.9 Å². The number of anilines is 1. The number of hydrogen-bond acceptors (Lipinski definition) is 4. The number of nitrogens with one attached hydrogen (secondary N) is 1. The molecule has 224 valence electrons. The zero-order chi connectivity index (χ0) is 30.3. The van der Waals surface area contributed by atoms with Crippen LogP contribution in [0.25, 0.3) is 0 Å². The van der Waals surface area contributed by atoms with Crippen molar-refractivity contribution in [1.82, 2.24) is 10.2 Å². The minimum absolute atomic E-state index is 0.0725. The Balaban J connectivity index is 1.73. The lowest BCUT2D eigenvalue weighted by Crippen LogP contribution is -2.55. The van der Waals surface area contributed by atoms with Crippen LogP contribution in [0.2, 0.25) is 0 Å². The number of nitrogens with zero attached hydrogens (tertiary/aromatic N) is 2. The molecule has 4 rings (SSSR count). The second-order valence-electron chi connectivity index (χ2n) is 11.6. The van der Waals surface area contributed by atoms with Crippen LogP contribution in [0, 0.1) is 20.8 Å². The molecule has 0 spiro atoms. The number of rotatable bonds is 11. The highest BCUT2D eigenvalue weighted by molar-refractivity contribution is 7.92. The topological polar surface area (TPSA) is 86.8 Å². The monoisotopic (exact) mass is 589 g/mol. The van der Waals surface area contributed by atoms with E-state index in [-0.39, 0.29) is 18.5 Å². The average Bonchev–Trinajstić information content (AvgIpc) is 2.96. The van der Waals surface area contributed by atoms with Gasteiger partial charge in [-0.2, -0.15) is 0 Å². The Labute approximate surface area is 251 Å². The van der Waals surface area contributed by atoms with Gasteiger partial charge in [0.15, 0.2) is 0 Å². The van der Waals surface area contributed by atoms with Crippen molar-refractivity contribution >= 4 is 27.5 Å². The summed E-state index contributed by atoms with van der Waals surface area (Å²) >= 11 is 0. The van der Waals surface area contributed by atoms with Gasteiger partial charge in [0.2, 0.25) is 21.8 Å². The molecule has 0 aliphatic heterocycles. The summed E-state index contributed by atoms with van der Waals surface area (Å²) in [6.45, 7) is 5.49. The average molecular weight is 590 g/mol. The number of amides is 2. The molecule has 1 aliphatic rings. The molecule has 8 heteroatoms.